The molecular formula is C32H50FNO. The summed E-state index contributed by atoms with van der Waals surface area (Å²) >= 11 is 0. The summed E-state index contributed by atoms with van der Waals surface area (Å²) in [5.41, 5.74) is 2.93. The monoisotopic (exact) mass is 483 g/mol. The van der Waals surface area contributed by atoms with E-state index in [1.165, 1.54) is 89.0 Å². The minimum Gasteiger partial charge on any atom is -0.491 e. The van der Waals surface area contributed by atoms with Gasteiger partial charge in [-0.25, -0.2) is 4.39 Å². The third kappa shape index (κ3) is 11.6. The van der Waals surface area contributed by atoms with Gasteiger partial charge < -0.3 is 4.74 Å². The van der Waals surface area contributed by atoms with Crippen LogP contribution in [0.5, 0.6) is 5.75 Å². The molecule has 0 aliphatic heterocycles. The topological polar surface area (TPSA) is 22.1 Å². The molecule has 1 aromatic heterocycles. The SMILES string of the molecule is CCCCCCCCCCCCCCOc1ccc(-c2ncccc2C(C)CCCCC)cc1F. The molecule has 0 aliphatic rings. The van der Waals surface area contributed by atoms with Gasteiger partial charge in [-0.2, -0.15) is 0 Å². The smallest absolute Gasteiger partial charge is 0.165 e. The van der Waals surface area contributed by atoms with Gasteiger partial charge in [-0.1, -0.05) is 117 Å². The first-order chi connectivity index (χ1) is 17.2. The summed E-state index contributed by atoms with van der Waals surface area (Å²) in [5, 5.41) is 0. The molecule has 196 valence electrons. The van der Waals surface area contributed by atoms with Crippen molar-refractivity contribution in [3.05, 3.63) is 47.9 Å². The first kappa shape index (κ1) is 29.3. The van der Waals surface area contributed by atoms with Crippen molar-refractivity contribution in [2.75, 3.05) is 6.61 Å². The molecule has 0 saturated heterocycles. The van der Waals surface area contributed by atoms with Crippen LogP contribution < -0.4 is 4.74 Å². The van der Waals surface area contributed by atoms with Gasteiger partial charge >= 0.3 is 0 Å². The molecular weight excluding hydrogens is 433 g/mol. The Bertz CT molecular complexity index is 806. The van der Waals surface area contributed by atoms with Gasteiger partial charge in [-0.05, 0) is 48.6 Å². The van der Waals surface area contributed by atoms with E-state index in [0.717, 1.165) is 30.5 Å². The number of rotatable bonds is 20. The van der Waals surface area contributed by atoms with Crippen molar-refractivity contribution in [1.82, 2.24) is 4.98 Å². The van der Waals surface area contributed by atoms with Crippen LogP contribution >= 0.6 is 0 Å². The fourth-order valence-corrected chi connectivity index (χ4v) is 4.80. The second kappa shape index (κ2) is 18.4. The van der Waals surface area contributed by atoms with E-state index in [1.54, 1.807) is 18.3 Å². The number of aromatic nitrogens is 1. The molecule has 0 fully saturated rings. The Kier molecular flexibility index (Phi) is 15.4. The first-order valence-electron chi connectivity index (χ1n) is 14.5. The molecule has 0 aliphatic carbocycles. The van der Waals surface area contributed by atoms with Gasteiger partial charge in [0.1, 0.15) is 0 Å². The zero-order valence-electron chi connectivity index (χ0n) is 22.8. The van der Waals surface area contributed by atoms with Crippen molar-refractivity contribution in [1.29, 1.82) is 0 Å². The number of hydrogen-bond acceptors (Lipinski definition) is 2. The summed E-state index contributed by atoms with van der Waals surface area (Å²) in [6.45, 7) is 7.33. The standard InChI is InChI=1S/C32H50FNO/c1-4-6-8-9-10-11-12-13-14-15-16-18-25-35-31-23-22-28(26-30(31)33)32-29(21-19-24-34-32)27(3)20-17-7-5-2/h19,21-24,26-27H,4-18,20,25H2,1-3H3. The van der Waals surface area contributed by atoms with E-state index in [4.69, 9.17) is 4.74 Å². The fraction of sp³-hybridized carbons (Fsp3) is 0.656. The third-order valence-corrected chi connectivity index (χ3v) is 7.07. The lowest BCUT2D eigenvalue weighted by Gasteiger charge is -2.16. The van der Waals surface area contributed by atoms with Crippen molar-refractivity contribution < 1.29 is 9.13 Å². The van der Waals surface area contributed by atoms with Gasteiger partial charge in [-0.3, -0.25) is 4.98 Å². The molecule has 0 saturated carbocycles. The number of unbranched alkanes of at least 4 members (excludes halogenated alkanes) is 13. The van der Waals surface area contributed by atoms with Crippen LogP contribution in [-0.4, -0.2) is 11.6 Å². The Balaban J connectivity index is 1.70. The van der Waals surface area contributed by atoms with Crippen LogP contribution in [-0.2, 0) is 0 Å². The number of hydrogen-bond donors (Lipinski definition) is 0. The summed E-state index contributed by atoms with van der Waals surface area (Å²) in [5.74, 6) is 0.469. The highest BCUT2D eigenvalue weighted by atomic mass is 19.1. The summed E-state index contributed by atoms with van der Waals surface area (Å²) in [6.07, 6.45) is 22.3. The second-order valence-corrected chi connectivity index (χ2v) is 10.2. The fourth-order valence-electron chi connectivity index (χ4n) is 4.80. The van der Waals surface area contributed by atoms with Crippen LogP contribution in [0.1, 0.15) is 135 Å². The average molecular weight is 484 g/mol. The van der Waals surface area contributed by atoms with Gasteiger partial charge in [0, 0.05) is 11.8 Å². The van der Waals surface area contributed by atoms with Crippen LogP contribution in [0, 0.1) is 5.82 Å². The normalized spacial score (nSPS) is 12.1. The highest BCUT2D eigenvalue weighted by Gasteiger charge is 2.15. The van der Waals surface area contributed by atoms with Gasteiger partial charge in [0.15, 0.2) is 11.6 Å². The Morgan fingerprint density at radius 2 is 1.37 bits per heavy atom. The molecule has 0 radical (unpaired) electrons. The van der Waals surface area contributed by atoms with E-state index < -0.39 is 0 Å². The van der Waals surface area contributed by atoms with Crippen LogP contribution in [0.3, 0.4) is 0 Å². The summed E-state index contributed by atoms with van der Waals surface area (Å²) in [4.78, 5) is 4.60. The number of benzene rings is 1. The maximum atomic E-state index is 14.8. The van der Waals surface area contributed by atoms with E-state index in [1.807, 2.05) is 12.1 Å². The van der Waals surface area contributed by atoms with Gasteiger partial charge in [-0.15, -0.1) is 0 Å². The number of pyridine rings is 1. The average Bonchev–Trinajstić information content (AvgIpc) is 2.87. The number of halogens is 1. The van der Waals surface area contributed by atoms with Crippen molar-refractivity contribution in [3.8, 4) is 17.0 Å². The maximum Gasteiger partial charge on any atom is 0.165 e. The van der Waals surface area contributed by atoms with Crippen molar-refractivity contribution in [3.63, 3.8) is 0 Å². The van der Waals surface area contributed by atoms with Gasteiger partial charge in [0.2, 0.25) is 0 Å². The molecule has 2 nitrogen and oxygen atoms in total. The largest absolute Gasteiger partial charge is 0.491 e. The molecule has 1 atom stereocenters. The van der Waals surface area contributed by atoms with Crippen LogP contribution in [0.15, 0.2) is 36.5 Å². The predicted molar refractivity (Wildman–Crippen MR) is 149 cm³/mol. The molecule has 3 heteroatoms. The second-order valence-electron chi connectivity index (χ2n) is 10.2. The summed E-state index contributed by atoms with van der Waals surface area (Å²) in [6, 6.07) is 9.42. The molecule has 2 aromatic rings. The van der Waals surface area contributed by atoms with E-state index in [2.05, 4.69) is 31.8 Å². The molecule has 0 N–H and O–H groups in total. The Hall–Kier alpha value is -1.90. The molecule has 1 unspecified atom stereocenters. The zero-order valence-corrected chi connectivity index (χ0v) is 22.8. The minimum atomic E-state index is -0.295. The molecule has 35 heavy (non-hydrogen) atoms. The van der Waals surface area contributed by atoms with Crippen LogP contribution in [0.4, 0.5) is 4.39 Å². The van der Waals surface area contributed by atoms with Crippen LogP contribution in [0.2, 0.25) is 0 Å². The van der Waals surface area contributed by atoms with E-state index in [-0.39, 0.29) is 5.82 Å². The van der Waals surface area contributed by atoms with Gasteiger partial charge in [0.25, 0.3) is 0 Å². The Morgan fingerprint density at radius 1 is 0.771 bits per heavy atom. The molecule has 1 heterocycles. The lowest BCUT2D eigenvalue weighted by Crippen LogP contribution is -2.01. The number of nitrogens with zero attached hydrogens (tertiary/aromatic N) is 1. The first-order valence-corrected chi connectivity index (χ1v) is 14.5. The van der Waals surface area contributed by atoms with Crippen molar-refractivity contribution in [2.24, 2.45) is 0 Å². The lowest BCUT2D eigenvalue weighted by atomic mass is 9.91. The quantitative estimate of drug-likeness (QED) is 0.175. The molecule has 0 spiro atoms. The molecule has 0 amide bonds. The van der Waals surface area contributed by atoms with Crippen molar-refractivity contribution in [2.45, 2.75) is 129 Å². The molecule has 2 rings (SSSR count). The Labute approximate surface area is 215 Å². The summed E-state index contributed by atoms with van der Waals surface area (Å²) in [7, 11) is 0. The zero-order chi connectivity index (χ0) is 25.1. The van der Waals surface area contributed by atoms with E-state index in [0.29, 0.717) is 18.3 Å². The van der Waals surface area contributed by atoms with E-state index >= 15 is 0 Å². The highest BCUT2D eigenvalue weighted by molar-refractivity contribution is 5.64. The number of ether oxygens (including phenoxy) is 1. The minimum absolute atomic E-state index is 0.295. The van der Waals surface area contributed by atoms with E-state index in [9.17, 15) is 4.39 Å². The van der Waals surface area contributed by atoms with Crippen LogP contribution in [0.25, 0.3) is 11.3 Å². The molecule has 0 bridgehead atoms. The lowest BCUT2D eigenvalue weighted by molar-refractivity contribution is 0.290. The molecule has 1 aromatic carbocycles. The third-order valence-electron chi connectivity index (χ3n) is 7.07. The predicted octanol–water partition coefficient (Wildman–Crippen LogP) is 10.7. The van der Waals surface area contributed by atoms with Gasteiger partial charge in [0.05, 0.1) is 12.3 Å². The summed E-state index contributed by atoms with van der Waals surface area (Å²) < 4.78 is 20.6. The highest BCUT2D eigenvalue weighted by Crippen LogP contribution is 2.32. The van der Waals surface area contributed by atoms with Crippen molar-refractivity contribution >= 4 is 0 Å². The maximum absolute atomic E-state index is 14.8. The Morgan fingerprint density at radius 3 is 2.00 bits per heavy atom.